The third-order valence-corrected chi connectivity index (χ3v) is 3.29. The van der Waals surface area contributed by atoms with Crippen LogP contribution in [0.15, 0.2) is 0 Å². The van der Waals surface area contributed by atoms with E-state index in [9.17, 15) is 18.9 Å². The first-order chi connectivity index (χ1) is 7.55. The average Bonchev–Trinajstić information content (AvgIpc) is 2.13. The molecule has 0 bridgehead atoms. The van der Waals surface area contributed by atoms with Gasteiger partial charge in [-0.15, -0.1) is 0 Å². The highest BCUT2D eigenvalue weighted by Crippen LogP contribution is 2.43. The Hall–Kier alpha value is -1.15. The van der Waals surface area contributed by atoms with Crippen molar-refractivity contribution in [3.63, 3.8) is 0 Å². The Balaban J connectivity index is 4.68. The minimum atomic E-state index is -4.92. The molecule has 0 aliphatic rings. The Morgan fingerprint density at radius 2 is 1.71 bits per heavy atom. The maximum Gasteiger partial charge on any atom is 0.352 e. The van der Waals surface area contributed by atoms with Gasteiger partial charge in [0.05, 0.1) is 6.42 Å². The molecule has 0 saturated carbocycles. The molecule has 0 aliphatic carbocycles. The van der Waals surface area contributed by atoms with Crippen LogP contribution in [-0.4, -0.2) is 49.0 Å². The molecule has 17 heavy (non-hydrogen) atoms. The number of hydrogen-bond donors (Lipinski definition) is 5. The molecule has 0 fully saturated rings. The van der Waals surface area contributed by atoms with Crippen molar-refractivity contribution in [1.82, 2.24) is 5.32 Å². The molecule has 0 heterocycles. The van der Waals surface area contributed by atoms with Gasteiger partial charge in [0.1, 0.15) is 6.04 Å². The van der Waals surface area contributed by atoms with Crippen LogP contribution >= 0.6 is 19.2 Å². The Kier molecular flexibility index (Phi) is 5.56. The lowest BCUT2D eigenvalue weighted by atomic mass is 10.2. The molecule has 98 valence electrons. The fraction of sp³-hybridized carbons (Fsp3) is 0.500. The Labute approximate surface area is 99.5 Å². The summed E-state index contributed by atoms with van der Waals surface area (Å²) in [5.74, 6) is -4.61. The number of amides is 1. The number of nitrogens with one attached hydrogen (secondary N) is 1. The largest absolute Gasteiger partial charge is 0.481 e. The monoisotopic (exact) mass is 289 g/mol. The molecule has 0 aliphatic heterocycles. The van der Waals surface area contributed by atoms with Gasteiger partial charge in [-0.3, -0.25) is 14.2 Å². The lowest BCUT2D eigenvalue weighted by molar-refractivity contribution is -0.147. The van der Waals surface area contributed by atoms with Crippen molar-refractivity contribution in [1.29, 1.82) is 0 Å². The van der Waals surface area contributed by atoms with Crippen molar-refractivity contribution >= 4 is 37.0 Å². The molecule has 2 atom stereocenters. The van der Waals surface area contributed by atoms with Gasteiger partial charge in [-0.1, -0.05) is 11.6 Å². The number of hydrogen-bond acceptors (Lipinski definition) is 4. The topological polar surface area (TPSA) is 161 Å². The smallest absolute Gasteiger partial charge is 0.352 e. The Morgan fingerprint density at radius 3 is 2.00 bits per heavy atom. The molecule has 11 heteroatoms. The van der Waals surface area contributed by atoms with Crippen molar-refractivity contribution in [3.8, 4) is 0 Å². The third kappa shape index (κ3) is 5.64. The summed E-state index contributed by atoms with van der Waals surface area (Å²) in [7, 11) is -4.92. The SMILES string of the molecule is O=C(O)CC(NC(=O)C(Cl)P(=O)(O)O)C(=O)O. The quantitative estimate of drug-likeness (QED) is 0.300. The van der Waals surface area contributed by atoms with Gasteiger partial charge in [-0.25, -0.2) is 4.79 Å². The van der Waals surface area contributed by atoms with Crippen molar-refractivity contribution in [2.45, 2.75) is 17.6 Å². The average molecular weight is 290 g/mol. The molecule has 5 N–H and O–H groups in total. The molecule has 0 aromatic rings. The molecule has 0 aromatic carbocycles. The van der Waals surface area contributed by atoms with Gasteiger partial charge in [0.15, 0.2) is 0 Å². The molecule has 2 unspecified atom stereocenters. The highest BCUT2D eigenvalue weighted by molar-refractivity contribution is 7.55. The fourth-order valence-electron chi connectivity index (χ4n) is 0.768. The van der Waals surface area contributed by atoms with Crippen LogP contribution in [0.3, 0.4) is 0 Å². The van der Waals surface area contributed by atoms with Gasteiger partial charge in [0, 0.05) is 0 Å². The molecular formula is C6H9ClNO8P. The standard InChI is InChI=1S/C6H9ClNO8P/c7-4(17(14,15)16)5(11)8-2(6(12)13)1-3(9)10/h2,4H,1H2,(H,8,11)(H,9,10)(H,12,13)(H2,14,15,16). The van der Waals surface area contributed by atoms with Crippen LogP contribution in [0.25, 0.3) is 0 Å². The van der Waals surface area contributed by atoms with Crippen molar-refractivity contribution in [3.05, 3.63) is 0 Å². The second-order valence-corrected chi connectivity index (χ2v) is 5.36. The fourth-order valence-corrected chi connectivity index (χ4v) is 1.21. The van der Waals surface area contributed by atoms with Crippen LogP contribution in [0, 0.1) is 0 Å². The highest BCUT2D eigenvalue weighted by Gasteiger charge is 2.36. The van der Waals surface area contributed by atoms with E-state index in [1.54, 1.807) is 5.32 Å². The van der Waals surface area contributed by atoms with Crippen molar-refractivity contribution in [2.24, 2.45) is 0 Å². The molecule has 9 nitrogen and oxygen atoms in total. The van der Waals surface area contributed by atoms with Crippen molar-refractivity contribution in [2.75, 3.05) is 0 Å². The summed E-state index contributed by atoms with van der Waals surface area (Å²) >= 11 is 5.08. The lowest BCUT2D eigenvalue weighted by Crippen LogP contribution is -2.45. The number of carboxylic acids is 2. The maximum atomic E-state index is 11.1. The zero-order valence-corrected chi connectivity index (χ0v) is 9.76. The van der Waals surface area contributed by atoms with E-state index in [1.807, 2.05) is 0 Å². The van der Waals surface area contributed by atoms with Crippen LogP contribution in [0.1, 0.15) is 6.42 Å². The van der Waals surface area contributed by atoms with Crippen LogP contribution in [0.4, 0.5) is 0 Å². The van der Waals surface area contributed by atoms with Crippen molar-refractivity contribution < 1.29 is 38.9 Å². The predicted molar refractivity (Wildman–Crippen MR) is 53.5 cm³/mol. The first kappa shape index (κ1) is 15.9. The van der Waals surface area contributed by atoms with E-state index < -0.39 is 43.0 Å². The molecule has 1 amide bonds. The number of carboxylic acid groups (broad SMARTS) is 2. The molecule has 0 spiro atoms. The van der Waals surface area contributed by atoms with Gasteiger partial charge in [0.25, 0.3) is 5.91 Å². The first-order valence-electron chi connectivity index (χ1n) is 4.00. The minimum Gasteiger partial charge on any atom is -0.481 e. The van der Waals surface area contributed by atoms with E-state index >= 15 is 0 Å². The van der Waals surface area contributed by atoms with Gasteiger partial charge >= 0.3 is 19.5 Å². The number of carbonyl (C=O) groups excluding carboxylic acids is 1. The number of alkyl halides is 1. The van der Waals surface area contributed by atoms with Crippen LogP contribution in [0.5, 0.6) is 0 Å². The summed E-state index contributed by atoms with van der Waals surface area (Å²) < 4.78 is 10.6. The molecule has 0 saturated heterocycles. The number of carbonyl (C=O) groups is 3. The number of halogens is 1. The lowest BCUT2D eigenvalue weighted by Gasteiger charge is -2.15. The van der Waals surface area contributed by atoms with Crippen LogP contribution in [-0.2, 0) is 18.9 Å². The van der Waals surface area contributed by atoms with E-state index in [2.05, 4.69) is 0 Å². The maximum absolute atomic E-state index is 11.1. The Bertz CT molecular complexity index is 378. The number of rotatable bonds is 6. The summed E-state index contributed by atoms with van der Waals surface area (Å²) in [4.78, 5) is 49.0. The Morgan fingerprint density at radius 1 is 1.24 bits per heavy atom. The number of aliphatic carboxylic acids is 2. The highest BCUT2D eigenvalue weighted by atomic mass is 35.5. The predicted octanol–water partition coefficient (Wildman–Crippen LogP) is -1.23. The second kappa shape index (κ2) is 5.97. The zero-order chi connectivity index (χ0) is 13.8. The summed E-state index contributed by atoms with van der Waals surface area (Å²) in [5, 5.41) is 16.2. The molecule has 0 aromatic heterocycles. The summed E-state index contributed by atoms with van der Waals surface area (Å²) in [6.07, 6.45) is -0.939. The van der Waals surface area contributed by atoms with Gasteiger partial charge < -0.3 is 25.3 Å². The summed E-state index contributed by atoms with van der Waals surface area (Å²) in [5.41, 5.74) is 0. The molecular weight excluding hydrogens is 280 g/mol. The van der Waals surface area contributed by atoms with E-state index in [0.29, 0.717) is 0 Å². The van der Waals surface area contributed by atoms with E-state index in [0.717, 1.165) is 0 Å². The minimum absolute atomic E-state index is 0.939. The van der Waals surface area contributed by atoms with Gasteiger partial charge in [-0.05, 0) is 0 Å². The van der Waals surface area contributed by atoms with Gasteiger partial charge in [-0.2, -0.15) is 0 Å². The van der Waals surface area contributed by atoms with Crippen LogP contribution in [0.2, 0.25) is 0 Å². The normalized spacial score (nSPS) is 14.8. The zero-order valence-electron chi connectivity index (χ0n) is 8.11. The van der Waals surface area contributed by atoms with Crippen LogP contribution < -0.4 is 5.32 Å². The summed E-state index contributed by atoms with van der Waals surface area (Å²) in [6.45, 7) is 0. The van der Waals surface area contributed by atoms with E-state index in [1.165, 1.54) is 0 Å². The van der Waals surface area contributed by atoms with Gasteiger partial charge in [0.2, 0.25) is 5.12 Å². The van der Waals surface area contributed by atoms with E-state index in [-0.39, 0.29) is 0 Å². The first-order valence-corrected chi connectivity index (χ1v) is 6.11. The second-order valence-electron chi connectivity index (χ2n) is 2.92. The molecule has 0 rings (SSSR count). The van der Waals surface area contributed by atoms with E-state index in [4.69, 9.17) is 31.6 Å². The molecule has 0 radical (unpaired) electrons. The summed E-state index contributed by atoms with van der Waals surface area (Å²) in [6, 6.07) is -1.81. The third-order valence-electron chi connectivity index (χ3n) is 1.50.